The molecule has 0 atom stereocenters. The van der Waals surface area contributed by atoms with Crippen molar-refractivity contribution in [1.82, 2.24) is 0 Å². The summed E-state index contributed by atoms with van der Waals surface area (Å²) in [6.45, 7) is 2.93. The molecule has 1 N–H and O–H groups in total. The summed E-state index contributed by atoms with van der Waals surface area (Å²) in [7, 11) is 0. The molecule has 0 radical (unpaired) electrons. The number of nitro groups is 1. The lowest BCUT2D eigenvalue weighted by Gasteiger charge is -2.00. The van der Waals surface area contributed by atoms with E-state index in [4.69, 9.17) is 0 Å². The first-order chi connectivity index (χ1) is 15.8. The summed E-state index contributed by atoms with van der Waals surface area (Å²) in [6.07, 6.45) is 0. The zero-order valence-electron chi connectivity index (χ0n) is 17.8. The molecule has 0 spiro atoms. The maximum atomic E-state index is 11.6. The highest BCUT2D eigenvalue weighted by atomic mass is 32.2. The summed E-state index contributed by atoms with van der Waals surface area (Å²) >= 11 is 1.13. The average molecular weight is 455 g/mol. The van der Waals surface area contributed by atoms with Crippen LogP contribution in [0.2, 0.25) is 0 Å². The van der Waals surface area contributed by atoms with E-state index in [0.29, 0.717) is 22.4 Å². The number of thioether (sulfide) groups is 1. The van der Waals surface area contributed by atoms with E-state index < -0.39 is 4.92 Å². The van der Waals surface area contributed by atoms with Crippen LogP contribution in [0, 0.1) is 33.8 Å². The van der Waals surface area contributed by atoms with Gasteiger partial charge in [-0.25, -0.2) is 0 Å². The van der Waals surface area contributed by atoms with Crippen molar-refractivity contribution in [3.63, 3.8) is 0 Å². The Bertz CT molecular complexity index is 1340. The monoisotopic (exact) mass is 454 g/mol. The lowest BCUT2D eigenvalue weighted by molar-refractivity contribution is -0.385. The van der Waals surface area contributed by atoms with Crippen molar-refractivity contribution in [2.45, 2.75) is 18.7 Å². The molecule has 3 rings (SSSR count). The van der Waals surface area contributed by atoms with Crippen LogP contribution in [0.25, 0.3) is 0 Å². The lowest BCUT2D eigenvalue weighted by Crippen LogP contribution is -2.05. The second-order valence-corrected chi connectivity index (χ2v) is 8.12. The van der Waals surface area contributed by atoms with Crippen LogP contribution in [-0.2, 0) is 9.59 Å². The number of rotatable bonds is 3. The fourth-order valence-electron chi connectivity index (χ4n) is 2.76. The zero-order valence-corrected chi connectivity index (χ0v) is 18.7. The van der Waals surface area contributed by atoms with Gasteiger partial charge < -0.3 is 5.32 Å². The molecule has 0 aliphatic heterocycles. The molecule has 7 heteroatoms. The standard InChI is InChI=1S/C26H18N2O4S/c1-18(29)27-24-13-7-20(8-14-24)3-4-22-6-12-23(26(17-22)28(31)32)11-5-21-9-15-25(16-10-21)33-19(2)30/h6-10,12-17H,1-2H3,(H,27,29). The SMILES string of the molecule is CC(=O)Nc1ccc(C#Cc2ccc(C#Cc3ccc(SC(C)=O)cc3)c([N+](=O)[O-])c2)cc1. The molecule has 0 saturated carbocycles. The molecule has 6 nitrogen and oxygen atoms in total. The predicted molar refractivity (Wildman–Crippen MR) is 129 cm³/mol. The van der Waals surface area contributed by atoms with Gasteiger partial charge in [-0.1, -0.05) is 35.4 Å². The molecule has 0 aromatic heterocycles. The van der Waals surface area contributed by atoms with Gasteiger partial charge in [0.2, 0.25) is 5.91 Å². The van der Waals surface area contributed by atoms with Gasteiger partial charge in [0.05, 0.1) is 4.92 Å². The van der Waals surface area contributed by atoms with Crippen LogP contribution in [0.4, 0.5) is 11.4 Å². The van der Waals surface area contributed by atoms with Crippen LogP contribution in [0.3, 0.4) is 0 Å². The van der Waals surface area contributed by atoms with Gasteiger partial charge in [-0.3, -0.25) is 19.7 Å². The van der Waals surface area contributed by atoms with Crippen LogP contribution in [0.1, 0.15) is 36.1 Å². The van der Waals surface area contributed by atoms with Gasteiger partial charge in [-0.05, 0) is 60.7 Å². The van der Waals surface area contributed by atoms with Crippen molar-refractivity contribution in [2.24, 2.45) is 0 Å². The molecule has 3 aromatic carbocycles. The zero-order chi connectivity index (χ0) is 23.8. The first-order valence-electron chi connectivity index (χ1n) is 9.79. The number of carbonyl (C=O) groups excluding carboxylic acids is 2. The van der Waals surface area contributed by atoms with Gasteiger partial charge >= 0.3 is 0 Å². The maximum Gasteiger partial charge on any atom is 0.286 e. The lowest BCUT2D eigenvalue weighted by atomic mass is 10.1. The van der Waals surface area contributed by atoms with E-state index in [1.54, 1.807) is 60.7 Å². The van der Waals surface area contributed by atoms with Crippen LogP contribution >= 0.6 is 11.8 Å². The van der Waals surface area contributed by atoms with Crippen LogP contribution in [-0.4, -0.2) is 15.9 Å². The van der Waals surface area contributed by atoms with Gasteiger partial charge in [0.25, 0.3) is 5.69 Å². The second kappa shape index (κ2) is 10.8. The van der Waals surface area contributed by atoms with Crippen molar-refractivity contribution in [2.75, 3.05) is 5.32 Å². The van der Waals surface area contributed by atoms with Crippen molar-refractivity contribution in [1.29, 1.82) is 0 Å². The highest BCUT2D eigenvalue weighted by molar-refractivity contribution is 8.13. The number of carbonyl (C=O) groups is 2. The molecule has 3 aromatic rings. The number of nitrogens with zero attached hydrogens (tertiary/aromatic N) is 1. The first-order valence-corrected chi connectivity index (χ1v) is 10.6. The highest BCUT2D eigenvalue weighted by Gasteiger charge is 2.12. The Morgan fingerprint density at radius 1 is 0.818 bits per heavy atom. The van der Waals surface area contributed by atoms with Crippen molar-refractivity contribution < 1.29 is 14.5 Å². The van der Waals surface area contributed by atoms with Crippen molar-refractivity contribution in [3.05, 3.63) is 99.1 Å². The number of hydrogen-bond acceptors (Lipinski definition) is 5. The summed E-state index contributed by atoms with van der Waals surface area (Å²) in [6, 6.07) is 18.7. The summed E-state index contributed by atoms with van der Waals surface area (Å²) in [5.41, 5.74) is 2.71. The summed E-state index contributed by atoms with van der Waals surface area (Å²) in [5, 5.41) is 14.2. The third kappa shape index (κ3) is 7.10. The molecule has 0 bridgehead atoms. The van der Waals surface area contributed by atoms with Crippen molar-refractivity contribution in [3.8, 4) is 23.7 Å². The van der Waals surface area contributed by atoms with E-state index >= 15 is 0 Å². The second-order valence-electron chi connectivity index (χ2n) is 6.87. The van der Waals surface area contributed by atoms with E-state index in [1.807, 2.05) is 0 Å². The van der Waals surface area contributed by atoms with Crippen LogP contribution in [0.5, 0.6) is 0 Å². The molecule has 1 amide bonds. The number of benzene rings is 3. The summed E-state index contributed by atoms with van der Waals surface area (Å²) in [5.74, 6) is 11.5. The summed E-state index contributed by atoms with van der Waals surface area (Å²) < 4.78 is 0. The molecule has 162 valence electrons. The van der Waals surface area contributed by atoms with E-state index in [-0.39, 0.29) is 22.3 Å². The van der Waals surface area contributed by atoms with Crippen molar-refractivity contribution >= 4 is 34.2 Å². The van der Waals surface area contributed by atoms with E-state index in [1.165, 1.54) is 19.9 Å². The summed E-state index contributed by atoms with van der Waals surface area (Å²) in [4.78, 5) is 34.1. The molecule has 0 aliphatic rings. The molecule has 33 heavy (non-hydrogen) atoms. The molecule has 0 unspecified atom stereocenters. The minimum atomic E-state index is -0.482. The fourth-order valence-corrected chi connectivity index (χ4v) is 3.37. The number of anilines is 1. The Morgan fingerprint density at radius 3 is 1.94 bits per heavy atom. The van der Waals surface area contributed by atoms with E-state index in [9.17, 15) is 19.7 Å². The number of hydrogen-bond donors (Lipinski definition) is 1. The highest BCUT2D eigenvalue weighted by Crippen LogP contribution is 2.21. The van der Waals surface area contributed by atoms with E-state index in [2.05, 4.69) is 29.0 Å². The smallest absolute Gasteiger partial charge is 0.286 e. The number of amides is 1. The molecule has 0 heterocycles. The molecule has 0 aliphatic carbocycles. The molecular weight excluding hydrogens is 436 g/mol. The van der Waals surface area contributed by atoms with Gasteiger partial charge in [0.15, 0.2) is 5.12 Å². The normalized spacial score (nSPS) is 9.64. The first kappa shape index (κ1) is 23.3. The average Bonchev–Trinajstić information content (AvgIpc) is 2.77. The van der Waals surface area contributed by atoms with Gasteiger partial charge in [-0.15, -0.1) is 0 Å². The van der Waals surface area contributed by atoms with Crippen LogP contribution < -0.4 is 5.32 Å². The third-order valence-electron chi connectivity index (χ3n) is 4.21. The Morgan fingerprint density at radius 2 is 1.36 bits per heavy atom. The Hall–Kier alpha value is -4.33. The Kier molecular flexibility index (Phi) is 7.64. The number of nitrogens with one attached hydrogen (secondary N) is 1. The molecular formula is C26H18N2O4S. The van der Waals surface area contributed by atoms with Gasteiger partial charge in [0, 0.05) is 47.2 Å². The maximum absolute atomic E-state index is 11.6. The quantitative estimate of drug-likeness (QED) is 0.261. The Balaban J connectivity index is 1.80. The third-order valence-corrected chi connectivity index (χ3v) is 5.00. The topological polar surface area (TPSA) is 89.3 Å². The van der Waals surface area contributed by atoms with Crippen LogP contribution in [0.15, 0.2) is 71.6 Å². The minimum Gasteiger partial charge on any atom is -0.326 e. The fraction of sp³-hybridized carbons (Fsp3) is 0.0769. The predicted octanol–water partition coefficient (Wildman–Crippen LogP) is 4.99. The van der Waals surface area contributed by atoms with Gasteiger partial charge in [0.1, 0.15) is 5.56 Å². The molecule has 0 saturated heterocycles. The number of nitro benzene ring substituents is 1. The largest absolute Gasteiger partial charge is 0.326 e. The van der Waals surface area contributed by atoms with Gasteiger partial charge in [-0.2, -0.15) is 0 Å². The Labute approximate surface area is 195 Å². The van der Waals surface area contributed by atoms with E-state index in [0.717, 1.165) is 16.7 Å². The minimum absolute atomic E-state index is 0.00495. The molecule has 0 fully saturated rings.